The number of carbonyl (C=O) groups is 1. The van der Waals surface area contributed by atoms with Crippen molar-refractivity contribution < 1.29 is 9.53 Å². The summed E-state index contributed by atoms with van der Waals surface area (Å²) in [5.41, 5.74) is 0.559. The van der Waals surface area contributed by atoms with Crippen molar-refractivity contribution in [3.8, 4) is 5.75 Å². The molecule has 0 bridgehead atoms. The van der Waals surface area contributed by atoms with Crippen LogP contribution in [-0.4, -0.2) is 5.97 Å². The lowest BCUT2D eigenvalue weighted by molar-refractivity contribution is -0.130. The first kappa shape index (κ1) is 12.5. The minimum absolute atomic E-state index is 0.0484. The van der Waals surface area contributed by atoms with Gasteiger partial charge in [0.25, 0.3) is 0 Å². The SMILES string of the molecule is C=C(CC(C)(C)C)C(=O)Oc1ccccc1. The van der Waals surface area contributed by atoms with Gasteiger partial charge in [-0.2, -0.15) is 0 Å². The van der Waals surface area contributed by atoms with Crippen LogP contribution in [0.3, 0.4) is 0 Å². The first-order valence-electron chi connectivity index (χ1n) is 5.33. The third kappa shape index (κ3) is 4.30. The molecule has 0 heterocycles. The third-order valence-corrected chi connectivity index (χ3v) is 1.99. The van der Waals surface area contributed by atoms with Crippen LogP contribution in [0.5, 0.6) is 5.75 Å². The van der Waals surface area contributed by atoms with Crippen LogP contribution in [0.15, 0.2) is 42.5 Å². The average Bonchev–Trinajstić information content (AvgIpc) is 2.16. The van der Waals surface area contributed by atoms with Crippen LogP contribution in [-0.2, 0) is 4.79 Å². The van der Waals surface area contributed by atoms with E-state index in [0.29, 0.717) is 17.7 Å². The molecule has 1 rings (SSSR count). The molecular weight excluding hydrogens is 200 g/mol. The molecule has 1 aromatic carbocycles. The number of esters is 1. The van der Waals surface area contributed by atoms with Crippen LogP contribution < -0.4 is 4.74 Å². The zero-order valence-electron chi connectivity index (χ0n) is 10.1. The molecule has 0 amide bonds. The van der Waals surface area contributed by atoms with E-state index in [0.717, 1.165) is 0 Å². The predicted octanol–water partition coefficient (Wildman–Crippen LogP) is 3.58. The minimum Gasteiger partial charge on any atom is -0.423 e. The molecule has 0 spiro atoms. The summed E-state index contributed by atoms with van der Waals surface area (Å²) in [5.74, 6) is 0.212. The molecule has 1 aromatic rings. The monoisotopic (exact) mass is 218 g/mol. The molecule has 2 nitrogen and oxygen atoms in total. The molecular formula is C14H18O2. The highest BCUT2D eigenvalue weighted by Crippen LogP contribution is 2.24. The van der Waals surface area contributed by atoms with Crippen LogP contribution in [0.25, 0.3) is 0 Å². The van der Waals surface area contributed by atoms with Crippen LogP contribution in [0.4, 0.5) is 0 Å². The van der Waals surface area contributed by atoms with Crippen LogP contribution in [0.1, 0.15) is 27.2 Å². The fourth-order valence-electron chi connectivity index (χ4n) is 1.38. The Balaban J connectivity index is 2.57. The lowest BCUT2D eigenvalue weighted by Gasteiger charge is -2.18. The molecule has 0 fully saturated rings. The smallest absolute Gasteiger partial charge is 0.338 e. The lowest BCUT2D eigenvalue weighted by atomic mass is 9.88. The van der Waals surface area contributed by atoms with Crippen molar-refractivity contribution in [3.63, 3.8) is 0 Å². The summed E-state index contributed by atoms with van der Waals surface area (Å²) < 4.78 is 5.18. The first-order chi connectivity index (χ1) is 7.38. The van der Waals surface area contributed by atoms with Gasteiger partial charge in [-0.05, 0) is 24.0 Å². The molecule has 0 aliphatic rings. The van der Waals surface area contributed by atoms with Gasteiger partial charge >= 0.3 is 5.97 Å². The predicted molar refractivity (Wildman–Crippen MR) is 65.3 cm³/mol. The lowest BCUT2D eigenvalue weighted by Crippen LogP contribution is -2.16. The Bertz CT molecular complexity index is 371. The summed E-state index contributed by atoms with van der Waals surface area (Å²) in [6.07, 6.45) is 0.638. The zero-order chi connectivity index (χ0) is 12.2. The molecule has 86 valence electrons. The van der Waals surface area contributed by atoms with E-state index in [-0.39, 0.29) is 11.4 Å². The van der Waals surface area contributed by atoms with Crippen LogP contribution in [0, 0.1) is 5.41 Å². The second kappa shape index (κ2) is 4.97. The molecule has 0 saturated heterocycles. The van der Waals surface area contributed by atoms with Gasteiger partial charge in [-0.3, -0.25) is 0 Å². The van der Waals surface area contributed by atoms with Gasteiger partial charge in [0.15, 0.2) is 0 Å². The quantitative estimate of drug-likeness (QED) is 0.440. The Morgan fingerprint density at radius 2 is 1.81 bits per heavy atom. The number of hydrogen-bond donors (Lipinski definition) is 0. The van der Waals surface area contributed by atoms with Crippen molar-refractivity contribution >= 4 is 5.97 Å². The van der Waals surface area contributed by atoms with Crippen molar-refractivity contribution in [2.24, 2.45) is 5.41 Å². The van der Waals surface area contributed by atoms with Crippen molar-refractivity contribution in [2.75, 3.05) is 0 Å². The molecule has 0 N–H and O–H groups in total. The normalized spacial score (nSPS) is 10.9. The summed E-state index contributed by atoms with van der Waals surface area (Å²) in [6, 6.07) is 9.04. The van der Waals surface area contributed by atoms with E-state index in [9.17, 15) is 4.79 Å². The minimum atomic E-state index is -0.346. The molecule has 0 aliphatic carbocycles. The topological polar surface area (TPSA) is 26.3 Å². The van der Waals surface area contributed by atoms with E-state index in [2.05, 4.69) is 27.4 Å². The number of ether oxygens (including phenoxy) is 1. The zero-order valence-corrected chi connectivity index (χ0v) is 10.1. The number of rotatable bonds is 3. The Labute approximate surface area is 96.9 Å². The average molecular weight is 218 g/mol. The number of hydrogen-bond acceptors (Lipinski definition) is 2. The first-order valence-corrected chi connectivity index (χ1v) is 5.33. The maximum absolute atomic E-state index is 11.7. The highest BCUT2D eigenvalue weighted by molar-refractivity contribution is 5.89. The van der Waals surface area contributed by atoms with Gasteiger partial charge < -0.3 is 4.74 Å². The van der Waals surface area contributed by atoms with Crippen molar-refractivity contribution in [3.05, 3.63) is 42.5 Å². The molecule has 0 unspecified atom stereocenters. The van der Waals surface area contributed by atoms with Crippen LogP contribution in [0.2, 0.25) is 0 Å². The van der Waals surface area contributed by atoms with E-state index in [1.165, 1.54) is 0 Å². The molecule has 16 heavy (non-hydrogen) atoms. The highest BCUT2D eigenvalue weighted by atomic mass is 16.5. The number of benzene rings is 1. The van der Waals surface area contributed by atoms with E-state index >= 15 is 0 Å². The number of carbonyl (C=O) groups excluding carboxylic acids is 1. The third-order valence-electron chi connectivity index (χ3n) is 1.99. The number of para-hydroxylation sites is 1. The van der Waals surface area contributed by atoms with E-state index in [1.54, 1.807) is 12.1 Å². The summed E-state index contributed by atoms with van der Waals surface area (Å²) in [5, 5.41) is 0. The largest absolute Gasteiger partial charge is 0.423 e. The van der Waals surface area contributed by atoms with Crippen molar-refractivity contribution in [1.29, 1.82) is 0 Å². The van der Waals surface area contributed by atoms with E-state index in [1.807, 2.05) is 18.2 Å². The molecule has 0 atom stereocenters. The maximum Gasteiger partial charge on any atom is 0.338 e. The second-order valence-corrected chi connectivity index (χ2v) is 5.04. The highest BCUT2D eigenvalue weighted by Gasteiger charge is 2.18. The van der Waals surface area contributed by atoms with E-state index in [4.69, 9.17) is 4.74 Å². The van der Waals surface area contributed by atoms with Gasteiger partial charge in [0, 0.05) is 5.57 Å². The fraction of sp³-hybridized carbons (Fsp3) is 0.357. The van der Waals surface area contributed by atoms with Gasteiger partial charge in [-0.15, -0.1) is 0 Å². The summed E-state index contributed by atoms with van der Waals surface area (Å²) in [4.78, 5) is 11.7. The molecule has 2 heteroatoms. The maximum atomic E-state index is 11.7. The Hall–Kier alpha value is -1.57. The Morgan fingerprint density at radius 3 is 2.31 bits per heavy atom. The van der Waals surface area contributed by atoms with Gasteiger partial charge in [0.2, 0.25) is 0 Å². The van der Waals surface area contributed by atoms with Crippen LogP contribution >= 0.6 is 0 Å². The van der Waals surface area contributed by atoms with Gasteiger partial charge in [-0.25, -0.2) is 4.79 Å². The summed E-state index contributed by atoms with van der Waals surface area (Å²) in [7, 11) is 0. The van der Waals surface area contributed by atoms with Gasteiger partial charge in [-0.1, -0.05) is 45.5 Å². The molecule has 0 aromatic heterocycles. The molecule has 0 radical (unpaired) electrons. The Morgan fingerprint density at radius 1 is 1.25 bits per heavy atom. The fourth-order valence-corrected chi connectivity index (χ4v) is 1.38. The summed E-state index contributed by atoms with van der Waals surface area (Å²) in [6.45, 7) is 9.95. The van der Waals surface area contributed by atoms with Gasteiger partial charge in [0.1, 0.15) is 5.75 Å². The summed E-state index contributed by atoms with van der Waals surface area (Å²) >= 11 is 0. The Kier molecular flexibility index (Phi) is 3.88. The van der Waals surface area contributed by atoms with Crippen molar-refractivity contribution in [1.82, 2.24) is 0 Å². The molecule has 0 saturated carbocycles. The van der Waals surface area contributed by atoms with E-state index < -0.39 is 0 Å². The second-order valence-electron chi connectivity index (χ2n) is 5.04. The van der Waals surface area contributed by atoms with Crippen molar-refractivity contribution in [2.45, 2.75) is 27.2 Å². The van der Waals surface area contributed by atoms with Gasteiger partial charge in [0.05, 0.1) is 0 Å². The standard InChI is InChI=1S/C14H18O2/c1-11(10-14(2,3)4)13(15)16-12-8-6-5-7-9-12/h5-9H,1,10H2,2-4H3. The molecule has 0 aliphatic heterocycles.